The number of amides is 2. The third kappa shape index (κ3) is 1.91. The van der Waals surface area contributed by atoms with E-state index in [1.54, 1.807) is 0 Å². The number of nitrogens with zero attached hydrogens (tertiary/aromatic N) is 1. The molecule has 0 saturated heterocycles. The van der Waals surface area contributed by atoms with Gasteiger partial charge in [0.25, 0.3) is 11.8 Å². The first-order valence-electron chi connectivity index (χ1n) is 7.52. The van der Waals surface area contributed by atoms with Crippen molar-refractivity contribution in [1.29, 1.82) is 0 Å². The van der Waals surface area contributed by atoms with E-state index in [0.29, 0.717) is 24.2 Å². The van der Waals surface area contributed by atoms with Gasteiger partial charge in [-0.3, -0.25) is 9.59 Å². The molecule has 4 rings (SSSR count). The summed E-state index contributed by atoms with van der Waals surface area (Å²) in [6, 6.07) is 15.1. The number of carbonyl (C=O) groups excluding carboxylic acids is 2. The molecule has 1 atom stereocenters. The first-order valence-corrected chi connectivity index (χ1v) is 7.52. The van der Waals surface area contributed by atoms with Crippen LogP contribution in [0.5, 0.6) is 0 Å². The Morgan fingerprint density at radius 1 is 1.09 bits per heavy atom. The molecular weight excluding hydrogens is 276 g/mol. The summed E-state index contributed by atoms with van der Waals surface area (Å²) in [5, 5.41) is 2.90. The minimum absolute atomic E-state index is 0.0298. The molecule has 0 aliphatic carbocycles. The summed E-state index contributed by atoms with van der Waals surface area (Å²) in [4.78, 5) is 26.8. The van der Waals surface area contributed by atoms with Crippen molar-refractivity contribution in [2.45, 2.75) is 12.5 Å². The quantitative estimate of drug-likeness (QED) is 0.875. The van der Waals surface area contributed by atoms with Crippen molar-refractivity contribution in [1.82, 2.24) is 10.2 Å². The molecular formula is C18H16N2O2. The van der Waals surface area contributed by atoms with Crippen LogP contribution in [0.1, 0.15) is 37.9 Å². The molecule has 2 aromatic rings. The van der Waals surface area contributed by atoms with Crippen molar-refractivity contribution >= 4 is 11.8 Å². The molecule has 0 bridgehead atoms. The van der Waals surface area contributed by atoms with Crippen LogP contribution in [0.25, 0.3) is 0 Å². The highest BCUT2D eigenvalue weighted by atomic mass is 16.2. The summed E-state index contributed by atoms with van der Waals surface area (Å²) < 4.78 is 0. The largest absolute Gasteiger partial charge is 0.350 e. The lowest BCUT2D eigenvalue weighted by Gasteiger charge is -2.40. The maximum Gasteiger partial charge on any atom is 0.254 e. The number of nitrogens with one attached hydrogen (secondary N) is 1. The molecule has 1 unspecified atom stereocenters. The van der Waals surface area contributed by atoms with E-state index in [4.69, 9.17) is 0 Å². The van der Waals surface area contributed by atoms with E-state index in [-0.39, 0.29) is 17.9 Å². The van der Waals surface area contributed by atoms with Crippen LogP contribution in [0.3, 0.4) is 0 Å². The first kappa shape index (κ1) is 13.1. The zero-order chi connectivity index (χ0) is 15.1. The van der Waals surface area contributed by atoms with Crippen LogP contribution in [0, 0.1) is 0 Å². The van der Waals surface area contributed by atoms with Gasteiger partial charge in [0.15, 0.2) is 0 Å². The van der Waals surface area contributed by atoms with Gasteiger partial charge in [-0.15, -0.1) is 0 Å². The van der Waals surface area contributed by atoms with Gasteiger partial charge < -0.3 is 10.2 Å². The van der Waals surface area contributed by atoms with E-state index in [1.165, 1.54) is 5.56 Å². The van der Waals surface area contributed by atoms with Crippen molar-refractivity contribution in [3.05, 3.63) is 70.8 Å². The number of hydrogen-bond donors (Lipinski definition) is 1. The number of benzene rings is 2. The van der Waals surface area contributed by atoms with Gasteiger partial charge in [-0.2, -0.15) is 0 Å². The van der Waals surface area contributed by atoms with Crippen LogP contribution in [0.15, 0.2) is 48.5 Å². The lowest BCUT2D eigenvalue weighted by atomic mass is 9.85. The molecule has 22 heavy (non-hydrogen) atoms. The third-order valence-corrected chi connectivity index (χ3v) is 4.51. The predicted octanol–water partition coefficient (Wildman–Crippen LogP) is 2.17. The molecule has 2 aromatic carbocycles. The second-order valence-corrected chi connectivity index (χ2v) is 5.72. The van der Waals surface area contributed by atoms with Crippen LogP contribution in [-0.2, 0) is 6.42 Å². The van der Waals surface area contributed by atoms with E-state index < -0.39 is 0 Å². The predicted molar refractivity (Wildman–Crippen MR) is 82.7 cm³/mol. The molecule has 2 aliphatic rings. The normalized spacial score (nSPS) is 19.4. The van der Waals surface area contributed by atoms with Crippen LogP contribution in [-0.4, -0.2) is 29.8 Å². The maximum absolute atomic E-state index is 12.8. The smallest absolute Gasteiger partial charge is 0.254 e. The van der Waals surface area contributed by atoms with Crippen LogP contribution >= 0.6 is 0 Å². The fourth-order valence-electron chi connectivity index (χ4n) is 3.46. The van der Waals surface area contributed by atoms with Crippen molar-refractivity contribution in [2.24, 2.45) is 0 Å². The summed E-state index contributed by atoms with van der Waals surface area (Å²) >= 11 is 0. The Hall–Kier alpha value is -2.62. The molecule has 0 saturated carbocycles. The van der Waals surface area contributed by atoms with Gasteiger partial charge in [-0.1, -0.05) is 30.3 Å². The van der Waals surface area contributed by atoms with Gasteiger partial charge in [0, 0.05) is 24.2 Å². The molecule has 0 aromatic heterocycles. The van der Waals surface area contributed by atoms with Gasteiger partial charge in [0.1, 0.15) is 0 Å². The monoisotopic (exact) mass is 292 g/mol. The van der Waals surface area contributed by atoms with E-state index in [9.17, 15) is 9.59 Å². The Balaban J connectivity index is 1.76. The fourth-order valence-corrected chi connectivity index (χ4v) is 3.46. The van der Waals surface area contributed by atoms with Crippen molar-refractivity contribution in [3.8, 4) is 0 Å². The summed E-state index contributed by atoms with van der Waals surface area (Å²) in [7, 11) is 0. The topological polar surface area (TPSA) is 49.4 Å². The molecule has 4 nitrogen and oxygen atoms in total. The third-order valence-electron chi connectivity index (χ3n) is 4.51. The Morgan fingerprint density at radius 3 is 2.73 bits per heavy atom. The molecule has 0 fully saturated rings. The van der Waals surface area contributed by atoms with Crippen molar-refractivity contribution in [3.63, 3.8) is 0 Å². The highest BCUT2D eigenvalue weighted by molar-refractivity contribution is 5.99. The number of rotatable bonds is 1. The summed E-state index contributed by atoms with van der Waals surface area (Å²) in [6.07, 6.45) is 0.797. The fraction of sp³-hybridized carbons (Fsp3) is 0.222. The SMILES string of the molecule is O=C1NCC2c3c(cccc31)CCN2C(=O)c1ccccc1. The molecule has 4 heteroatoms. The Bertz CT molecular complexity index is 755. The minimum Gasteiger partial charge on any atom is -0.350 e. The summed E-state index contributed by atoms with van der Waals surface area (Å²) in [6.45, 7) is 1.17. The molecule has 2 amide bonds. The molecule has 0 radical (unpaired) electrons. The lowest BCUT2D eigenvalue weighted by Crippen LogP contribution is -2.49. The van der Waals surface area contributed by atoms with E-state index >= 15 is 0 Å². The highest BCUT2D eigenvalue weighted by Crippen LogP contribution is 2.35. The molecule has 110 valence electrons. The van der Waals surface area contributed by atoms with Crippen LogP contribution in [0.4, 0.5) is 0 Å². The second kappa shape index (κ2) is 4.98. The van der Waals surface area contributed by atoms with E-state index in [2.05, 4.69) is 11.4 Å². The molecule has 2 heterocycles. The van der Waals surface area contributed by atoms with Gasteiger partial charge in [0.05, 0.1) is 6.04 Å². The van der Waals surface area contributed by atoms with E-state index in [0.717, 1.165) is 12.0 Å². The molecule has 1 N–H and O–H groups in total. The first-order chi connectivity index (χ1) is 10.8. The minimum atomic E-state index is -0.0645. The van der Waals surface area contributed by atoms with Crippen LogP contribution in [0.2, 0.25) is 0 Å². The zero-order valence-electron chi connectivity index (χ0n) is 12.1. The Labute approximate surface area is 128 Å². The lowest BCUT2D eigenvalue weighted by molar-refractivity contribution is 0.0631. The van der Waals surface area contributed by atoms with Gasteiger partial charge >= 0.3 is 0 Å². The van der Waals surface area contributed by atoms with Crippen molar-refractivity contribution < 1.29 is 9.59 Å². The summed E-state index contributed by atoms with van der Waals surface area (Å²) in [5.41, 5.74) is 3.62. The average molecular weight is 292 g/mol. The number of carbonyl (C=O) groups is 2. The standard InChI is InChI=1S/C18H16N2O2/c21-17-14-8-4-7-12-9-10-20(15(11-19-17)16(12)14)18(22)13-5-2-1-3-6-13/h1-8,15H,9-11H2,(H,19,21). The van der Waals surface area contributed by atoms with Crippen LogP contribution < -0.4 is 5.32 Å². The van der Waals surface area contributed by atoms with Gasteiger partial charge in [-0.25, -0.2) is 0 Å². The van der Waals surface area contributed by atoms with Gasteiger partial charge in [-0.05, 0) is 35.7 Å². The second-order valence-electron chi connectivity index (χ2n) is 5.72. The Morgan fingerprint density at radius 2 is 1.91 bits per heavy atom. The van der Waals surface area contributed by atoms with Crippen molar-refractivity contribution in [2.75, 3.05) is 13.1 Å². The Kier molecular flexibility index (Phi) is 2.96. The molecule has 0 spiro atoms. The van der Waals surface area contributed by atoms with Gasteiger partial charge in [0.2, 0.25) is 0 Å². The highest BCUT2D eigenvalue weighted by Gasteiger charge is 2.37. The molecule has 2 aliphatic heterocycles. The zero-order valence-corrected chi connectivity index (χ0v) is 12.1. The van der Waals surface area contributed by atoms with E-state index in [1.807, 2.05) is 47.4 Å². The average Bonchev–Trinajstić information content (AvgIpc) is 2.58. The maximum atomic E-state index is 12.8. The number of hydrogen-bond acceptors (Lipinski definition) is 2. The summed E-state index contributed by atoms with van der Waals surface area (Å²) in [5.74, 6) is -0.00990.